The molecular weight excluding hydrogens is 435 g/mol. The van der Waals surface area contributed by atoms with Crippen LogP contribution in [0.4, 0.5) is 10.1 Å². The Morgan fingerprint density at radius 3 is 2.38 bits per heavy atom. The molecule has 3 rings (SSSR count). The van der Waals surface area contributed by atoms with E-state index in [-0.39, 0.29) is 12.5 Å². The van der Waals surface area contributed by atoms with Crippen molar-refractivity contribution in [1.29, 1.82) is 0 Å². The molecule has 0 saturated carbocycles. The van der Waals surface area contributed by atoms with Gasteiger partial charge < -0.3 is 16.4 Å². The quantitative estimate of drug-likeness (QED) is 0.454. The Bertz CT molecular complexity index is 1180. The molecule has 176 valence electrons. The van der Waals surface area contributed by atoms with Gasteiger partial charge in [-0.25, -0.2) is 4.39 Å². The molecule has 0 aliphatic carbocycles. The lowest BCUT2D eigenvalue weighted by atomic mass is 10.0. The van der Waals surface area contributed by atoms with Gasteiger partial charge in [0, 0.05) is 6.54 Å². The molecule has 1 atom stereocenters. The molecule has 0 aliphatic rings. The van der Waals surface area contributed by atoms with Gasteiger partial charge in [0.25, 0.3) is 5.91 Å². The predicted molar refractivity (Wildman–Crippen MR) is 128 cm³/mol. The lowest BCUT2D eigenvalue weighted by Gasteiger charge is -2.25. The van der Waals surface area contributed by atoms with Crippen LogP contribution in [0.5, 0.6) is 0 Å². The van der Waals surface area contributed by atoms with Gasteiger partial charge in [0.2, 0.25) is 11.8 Å². The third kappa shape index (κ3) is 6.49. The first kappa shape index (κ1) is 24.6. The molecule has 4 N–H and O–H groups in total. The molecule has 7 nitrogen and oxygen atoms in total. The summed E-state index contributed by atoms with van der Waals surface area (Å²) in [6.45, 7) is 2.13. The fourth-order valence-corrected chi connectivity index (χ4v) is 3.59. The SMILES string of the molecule is Cc1ccc(CNC(=O)c2ccccc2NC(=O)CN(C)C(C(N)=O)c2cccc(F)c2)cc1. The van der Waals surface area contributed by atoms with Crippen LogP contribution in [0.1, 0.15) is 33.1 Å². The van der Waals surface area contributed by atoms with Crippen molar-refractivity contribution in [3.63, 3.8) is 0 Å². The van der Waals surface area contributed by atoms with E-state index >= 15 is 0 Å². The van der Waals surface area contributed by atoms with E-state index < -0.39 is 23.7 Å². The van der Waals surface area contributed by atoms with E-state index in [0.29, 0.717) is 23.4 Å². The van der Waals surface area contributed by atoms with E-state index in [4.69, 9.17) is 5.73 Å². The fraction of sp³-hybridized carbons (Fsp3) is 0.192. The zero-order chi connectivity index (χ0) is 24.7. The molecule has 0 spiro atoms. The number of carbonyl (C=O) groups excluding carboxylic acids is 3. The zero-order valence-electron chi connectivity index (χ0n) is 19.0. The Balaban J connectivity index is 1.67. The Kier molecular flexibility index (Phi) is 8.10. The molecule has 0 aromatic heterocycles. The molecule has 8 heteroatoms. The number of hydrogen-bond donors (Lipinski definition) is 3. The van der Waals surface area contributed by atoms with Crippen LogP contribution in [0.3, 0.4) is 0 Å². The summed E-state index contributed by atoms with van der Waals surface area (Å²) in [6.07, 6.45) is 0. The second kappa shape index (κ2) is 11.2. The summed E-state index contributed by atoms with van der Waals surface area (Å²) in [5.74, 6) is -2.01. The number of likely N-dealkylation sites (N-methyl/N-ethyl adjacent to an activating group) is 1. The largest absolute Gasteiger partial charge is 0.368 e. The normalized spacial score (nSPS) is 11.6. The van der Waals surface area contributed by atoms with Crippen molar-refractivity contribution >= 4 is 23.4 Å². The lowest BCUT2D eigenvalue weighted by molar-refractivity contribution is -0.124. The van der Waals surface area contributed by atoms with Crippen LogP contribution in [-0.2, 0) is 16.1 Å². The van der Waals surface area contributed by atoms with Crippen LogP contribution in [0.15, 0.2) is 72.8 Å². The number of halogens is 1. The maximum Gasteiger partial charge on any atom is 0.253 e. The van der Waals surface area contributed by atoms with E-state index in [1.54, 1.807) is 37.4 Å². The third-order valence-electron chi connectivity index (χ3n) is 5.29. The number of benzene rings is 3. The van der Waals surface area contributed by atoms with Crippen molar-refractivity contribution < 1.29 is 18.8 Å². The van der Waals surface area contributed by atoms with Crippen molar-refractivity contribution in [3.8, 4) is 0 Å². The standard InChI is InChI=1S/C26H27FN4O3/c1-17-10-12-18(13-11-17)15-29-26(34)21-8-3-4-9-22(21)30-23(32)16-31(2)24(25(28)33)19-6-5-7-20(27)14-19/h3-14,24H,15-16H2,1-2H3,(H2,28,33)(H,29,34)(H,30,32). The van der Waals surface area contributed by atoms with Gasteiger partial charge in [-0.05, 0) is 49.4 Å². The summed E-state index contributed by atoms with van der Waals surface area (Å²) in [4.78, 5) is 38.9. The summed E-state index contributed by atoms with van der Waals surface area (Å²) < 4.78 is 13.6. The smallest absolute Gasteiger partial charge is 0.253 e. The molecular formula is C26H27FN4O3. The summed E-state index contributed by atoms with van der Waals surface area (Å²) in [6, 6.07) is 19.0. The molecule has 0 aliphatic heterocycles. The number of nitrogens with zero attached hydrogens (tertiary/aromatic N) is 1. The number of para-hydroxylation sites is 1. The van der Waals surface area contributed by atoms with Crippen molar-refractivity contribution in [2.75, 3.05) is 18.9 Å². The number of nitrogens with two attached hydrogens (primary N) is 1. The average molecular weight is 463 g/mol. The van der Waals surface area contributed by atoms with Crippen LogP contribution < -0.4 is 16.4 Å². The number of aryl methyl sites for hydroxylation is 1. The highest BCUT2D eigenvalue weighted by molar-refractivity contribution is 6.04. The minimum atomic E-state index is -0.991. The van der Waals surface area contributed by atoms with Crippen LogP contribution >= 0.6 is 0 Å². The van der Waals surface area contributed by atoms with E-state index in [1.807, 2.05) is 31.2 Å². The Hall–Kier alpha value is -4.04. The highest BCUT2D eigenvalue weighted by Gasteiger charge is 2.25. The zero-order valence-corrected chi connectivity index (χ0v) is 19.0. The molecule has 0 radical (unpaired) electrons. The first-order valence-electron chi connectivity index (χ1n) is 10.7. The Labute approximate surface area is 197 Å². The Morgan fingerprint density at radius 1 is 1.00 bits per heavy atom. The maximum absolute atomic E-state index is 13.6. The van der Waals surface area contributed by atoms with E-state index in [1.165, 1.54) is 23.1 Å². The number of hydrogen-bond acceptors (Lipinski definition) is 4. The van der Waals surface area contributed by atoms with Crippen LogP contribution in [0, 0.1) is 12.7 Å². The molecule has 0 saturated heterocycles. The topological polar surface area (TPSA) is 105 Å². The lowest BCUT2D eigenvalue weighted by Crippen LogP contribution is -2.40. The van der Waals surface area contributed by atoms with Crippen LogP contribution in [-0.4, -0.2) is 36.2 Å². The first-order valence-corrected chi connectivity index (χ1v) is 10.7. The number of rotatable bonds is 9. The van der Waals surface area contributed by atoms with Crippen molar-refractivity contribution in [1.82, 2.24) is 10.2 Å². The van der Waals surface area contributed by atoms with Gasteiger partial charge >= 0.3 is 0 Å². The number of primary amides is 1. The summed E-state index contributed by atoms with van der Waals surface area (Å²) in [7, 11) is 1.54. The molecule has 3 aromatic rings. The number of carbonyl (C=O) groups is 3. The molecule has 3 aromatic carbocycles. The van der Waals surface area contributed by atoms with E-state index in [9.17, 15) is 18.8 Å². The maximum atomic E-state index is 13.6. The van der Waals surface area contributed by atoms with Crippen molar-refractivity contribution in [2.24, 2.45) is 5.73 Å². The monoisotopic (exact) mass is 462 g/mol. The molecule has 0 bridgehead atoms. The second-order valence-corrected chi connectivity index (χ2v) is 8.04. The minimum Gasteiger partial charge on any atom is -0.368 e. The van der Waals surface area contributed by atoms with Gasteiger partial charge in [-0.2, -0.15) is 0 Å². The van der Waals surface area contributed by atoms with Gasteiger partial charge in [-0.1, -0.05) is 54.1 Å². The highest BCUT2D eigenvalue weighted by Crippen LogP contribution is 2.21. The minimum absolute atomic E-state index is 0.205. The average Bonchev–Trinajstić information content (AvgIpc) is 2.78. The van der Waals surface area contributed by atoms with E-state index in [0.717, 1.165) is 11.1 Å². The van der Waals surface area contributed by atoms with Crippen molar-refractivity contribution in [3.05, 3.63) is 101 Å². The number of anilines is 1. The molecule has 0 heterocycles. The first-order chi connectivity index (χ1) is 16.2. The number of amides is 3. The van der Waals surface area contributed by atoms with Gasteiger partial charge in [-0.15, -0.1) is 0 Å². The van der Waals surface area contributed by atoms with Gasteiger partial charge in [0.05, 0.1) is 17.8 Å². The molecule has 3 amide bonds. The number of nitrogens with one attached hydrogen (secondary N) is 2. The van der Waals surface area contributed by atoms with E-state index in [2.05, 4.69) is 10.6 Å². The molecule has 34 heavy (non-hydrogen) atoms. The molecule has 1 unspecified atom stereocenters. The molecule has 0 fully saturated rings. The van der Waals surface area contributed by atoms with Crippen LogP contribution in [0.25, 0.3) is 0 Å². The third-order valence-corrected chi connectivity index (χ3v) is 5.29. The van der Waals surface area contributed by atoms with Crippen LogP contribution in [0.2, 0.25) is 0 Å². The van der Waals surface area contributed by atoms with Crippen molar-refractivity contribution in [2.45, 2.75) is 19.5 Å². The van der Waals surface area contributed by atoms with Gasteiger partial charge in [0.15, 0.2) is 0 Å². The Morgan fingerprint density at radius 2 is 1.71 bits per heavy atom. The van der Waals surface area contributed by atoms with Gasteiger partial charge in [-0.3, -0.25) is 19.3 Å². The second-order valence-electron chi connectivity index (χ2n) is 8.04. The van der Waals surface area contributed by atoms with Gasteiger partial charge in [0.1, 0.15) is 11.9 Å². The summed E-state index contributed by atoms with van der Waals surface area (Å²) in [5.41, 5.74) is 8.59. The summed E-state index contributed by atoms with van der Waals surface area (Å²) in [5, 5.41) is 5.57. The summed E-state index contributed by atoms with van der Waals surface area (Å²) >= 11 is 0. The highest BCUT2D eigenvalue weighted by atomic mass is 19.1. The fourth-order valence-electron chi connectivity index (χ4n) is 3.59. The predicted octanol–water partition coefficient (Wildman–Crippen LogP) is 3.16.